The van der Waals surface area contributed by atoms with E-state index in [1.54, 1.807) is 11.3 Å². The molecule has 0 saturated heterocycles. The van der Waals surface area contributed by atoms with Crippen LogP contribution >= 0.6 is 11.3 Å². The number of thiophene rings is 1. The van der Waals surface area contributed by atoms with Crippen LogP contribution in [-0.2, 0) is 6.42 Å². The Morgan fingerprint density at radius 3 is 3.00 bits per heavy atom. The third-order valence-corrected chi connectivity index (χ3v) is 4.47. The minimum atomic E-state index is 0.0765. The van der Waals surface area contributed by atoms with Crippen molar-refractivity contribution in [1.29, 1.82) is 0 Å². The van der Waals surface area contributed by atoms with Crippen molar-refractivity contribution in [2.24, 2.45) is 0 Å². The number of benzene rings is 1. The number of fused-ring (bicyclic) bond motifs is 1. The number of anilines is 1. The summed E-state index contributed by atoms with van der Waals surface area (Å²) in [5.74, 6) is 1.33. The number of hydrogen-bond donors (Lipinski definition) is 1. The van der Waals surface area contributed by atoms with Gasteiger partial charge in [0.15, 0.2) is 0 Å². The van der Waals surface area contributed by atoms with Gasteiger partial charge in [0.2, 0.25) is 11.7 Å². The van der Waals surface area contributed by atoms with E-state index in [1.165, 1.54) is 11.1 Å². The van der Waals surface area contributed by atoms with Crippen LogP contribution in [-0.4, -0.2) is 10.1 Å². The molecule has 2 aromatic heterocycles. The van der Waals surface area contributed by atoms with E-state index in [2.05, 4.69) is 51.3 Å². The zero-order chi connectivity index (χ0) is 13.5. The zero-order valence-electron chi connectivity index (χ0n) is 11.0. The van der Waals surface area contributed by atoms with Crippen molar-refractivity contribution in [2.45, 2.75) is 19.4 Å². The molecule has 1 aromatic carbocycles. The average molecular weight is 283 g/mol. The van der Waals surface area contributed by atoms with Crippen molar-refractivity contribution in [3.05, 3.63) is 52.0 Å². The maximum Gasteiger partial charge on any atom is 0.249 e. The molecule has 1 atom stereocenters. The van der Waals surface area contributed by atoms with Crippen LogP contribution in [0.1, 0.15) is 23.1 Å². The Hall–Kier alpha value is -2.14. The van der Waals surface area contributed by atoms with Crippen LogP contribution in [0.5, 0.6) is 0 Å². The summed E-state index contributed by atoms with van der Waals surface area (Å²) in [6.07, 6.45) is 0.889. The Morgan fingerprint density at radius 2 is 2.20 bits per heavy atom. The first-order valence-electron chi connectivity index (χ1n) is 6.52. The highest BCUT2D eigenvalue weighted by Gasteiger charge is 2.26. The lowest BCUT2D eigenvalue weighted by Gasteiger charge is -2.04. The van der Waals surface area contributed by atoms with Gasteiger partial charge in [-0.25, -0.2) is 0 Å². The van der Waals surface area contributed by atoms with E-state index in [-0.39, 0.29) is 6.04 Å². The first-order chi connectivity index (χ1) is 9.81. The summed E-state index contributed by atoms with van der Waals surface area (Å²) in [7, 11) is 0. The summed E-state index contributed by atoms with van der Waals surface area (Å²) in [5.41, 5.74) is 4.69. The first-order valence-corrected chi connectivity index (χ1v) is 7.47. The van der Waals surface area contributed by atoms with E-state index >= 15 is 0 Å². The number of nitrogens with zero attached hydrogens (tertiary/aromatic N) is 2. The SMILES string of the molecule is Cc1cscc1-c1noc(C2Cc3ccccc3N2)n1. The van der Waals surface area contributed by atoms with Crippen molar-refractivity contribution in [3.8, 4) is 11.4 Å². The molecule has 0 spiro atoms. The van der Waals surface area contributed by atoms with Crippen molar-refractivity contribution < 1.29 is 4.52 Å². The molecule has 0 amide bonds. The van der Waals surface area contributed by atoms with Crippen LogP contribution < -0.4 is 5.32 Å². The van der Waals surface area contributed by atoms with Crippen LogP contribution in [0.15, 0.2) is 39.5 Å². The third kappa shape index (κ3) is 1.82. The Kier molecular flexibility index (Phi) is 2.60. The van der Waals surface area contributed by atoms with Gasteiger partial charge >= 0.3 is 0 Å². The minimum absolute atomic E-state index is 0.0765. The van der Waals surface area contributed by atoms with E-state index < -0.39 is 0 Å². The van der Waals surface area contributed by atoms with Crippen LogP contribution in [0.25, 0.3) is 11.4 Å². The fourth-order valence-corrected chi connectivity index (χ4v) is 3.35. The topological polar surface area (TPSA) is 51.0 Å². The van der Waals surface area contributed by atoms with Gasteiger partial charge in [-0.3, -0.25) is 0 Å². The summed E-state index contributed by atoms with van der Waals surface area (Å²) in [5, 5.41) is 11.7. The Balaban J connectivity index is 1.63. The molecule has 5 heteroatoms. The van der Waals surface area contributed by atoms with Gasteiger partial charge in [-0.2, -0.15) is 16.3 Å². The molecular weight excluding hydrogens is 270 g/mol. The fourth-order valence-electron chi connectivity index (χ4n) is 2.52. The van der Waals surface area contributed by atoms with Gasteiger partial charge in [0.05, 0.1) is 0 Å². The number of rotatable bonds is 2. The molecule has 0 fully saturated rings. The molecule has 0 radical (unpaired) electrons. The zero-order valence-corrected chi connectivity index (χ0v) is 11.8. The van der Waals surface area contributed by atoms with Gasteiger partial charge in [-0.15, -0.1) is 0 Å². The highest BCUT2D eigenvalue weighted by molar-refractivity contribution is 7.08. The van der Waals surface area contributed by atoms with Crippen LogP contribution in [0, 0.1) is 6.92 Å². The van der Waals surface area contributed by atoms with Gasteiger partial charge in [-0.1, -0.05) is 23.4 Å². The Labute approximate surface area is 120 Å². The van der Waals surface area contributed by atoms with Gasteiger partial charge in [0.25, 0.3) is 0 Å². The molecule has 0 aliphatic carbocycles. The predicted octanol–water partition coefficient (Wildman–Crippen LogP) is 3.82. The third-order valence-electron chi connectivity index (χ3n) is 3.61. The van der Waals surface area contributed by atoms with Gasteiger partial charge < -0.3 is 9.84 Å². The van der Waals surface area contributed by atoms with Crippen molar-refractivity contribution in [3.63, 3.8) is 0 Å². The molecule has 0 saturated carbocycles. The highest BCUT2D eigenvalue weighted by atomic mass is 32.1. The molecule has 4 nitrogen and oxygen atoms in total. The van der Waals surface area contributed by atoms with Gasteiger partial charge in [-0.05, 0) is 29.5 Å². The molecule has 1 aliphatic rings. The molecule has 1 N–H and O–H groups in total. The summed E-state index contributed by atoms with van der Waals surface area (Å²) in [6, 6.07) is 8.37. The summed E-state index contributed by atoms with van der Waals surface area (Å²) < 4.78 is 5.44. The monoisotopic (exact) mass is 283 g/mol. The van der Waals surface area contributed by atoms with Crippen molar-refractivity contribution in [2.75, 3.05) is 5.32 Å². The van der Waals surface area contributed by atoms with E-state index in [0.29, 0.717) is 11.7 Å². The molecule has 4 rings (SSSR count). The second-order valence-corrected chi connectivity index (χ2v) is 5.73. The van der Waals surface area contributed by atoms with E-state index in [1.807, 2.05) is 6.07 Å². The normalized spacial score (nSPS) is 16.9. The quantitative estimate of drug-likeness (QED) is 0.777. The van der Waals surface area contributed by atoms with Crippen molar-refractivity contribution in [1.82, 2.24) is 10.1 Å². The maximum absolute atomic E-state index is 5.44. The molecule has 1 unspecified atom stereocenters. The maximum atomic E-state index is 5.44. The van der Waals surface area contributed by atoms with Crippen molar-refractivity contribution >= 4 is 17.0 Å². The van der Waals surface area contributed by atoms with E-state index in [4.69, 9.17) is 4.52 Å². The minimum Gasteiger partial charge on any atom is -0.373 e. The Bertz CT molecular complexity index is 737. The predicted molar refractivity (Wildman–Crippen MR) is 78.9 cm³/mol. The lowest BCUT2D eigenvalue weighted by Crippen LogP contribution is -2.05. The average Bonchev–Trinajstić information content (AvgIpc) is 3.15. The van der Waals surface area contributed by atoms with Crippen LogP contribution in [0.4, 0.5) is 5.69 Å². The number of para-hydroxylation sites is 1. The molecule has 20 heavy (non-hydrogen) atoms. The van der Waals surface area contributed by atoms with Gasteiger partial charge in [0, 0.05) is 23.1 Å². The lowest BCUT2D eigenvalue weighted by atomic mass is 10.1. The molecule has 3 heterocycles. The second kappa shape index (κ2) is 4.45. The molecule has 100 valence electrons. The highest BCUT2D eigenvalue weighted by Crippen LogP contribution is 2.34. The summed E-state index contributed by atoms with van der Waals surface area (Å²) >= 11 is 1.66. The van der Waals surface area contributed by atoms with Crippen LogP contribution in [0.2, 0.25) is 0 Å². The summed E-state index contributed by atoms with van der Waals surface area (Å²) in [6.45, 7) is 2.06. The Morgan fingerprint density at radius 1 is 1.30 bits per heavy atom. The van der Waals surface area contributed by atoms with Crippen LogP contribution in [0.3, 0.4) is 0 Å². The molecule has 1 aliphatic heterocycles. The summed E-state index contributed by atoms with van der Waals surface area (Å²) in [4.78, 5) is 4.54. The fraction of sp³-hybridized carbons (Fsp3) is 0.200. The molecule has 0 bridgehead atoms. The number of aryl methyl sites for hydroxylation is 1. The lowest BCUT2D eigenvalue weighted by molar-refractivity contribution is 0.364. The number of aromatic nitrogens is 2. The molecular formula is C15H13N3OS. The molecule has 3 aromatic rings. The van der Waals surface area contributed by atoms with E-state index in [0.717, 1.165) is 17.7 Å². The second-order valence-electron chi connectivity index (χ2n) is 4.98. The number of hydrogen-bond acceptors (Lipinski definition) is 5. The van der Waals surface area contributed by atoms with E-state index in [9.17, 15) is 0 Å². The number of nitrogens with one attached hydrogen (secondary N) is 1. The van der Waals surface area contributed by atoms with Gasteiger partial charge in [0.1, 0.15) is 6.04 Å². The largest absolute Gasteiger partial charge is 0.373 e. The standard InChI is InChI=1S/C15H13N3OS/c1-9-7-20-8-11(9)14-17-15(19-18-14)13-6-10-4-2-3-5-12(10)16-13/h2-5,7-8,13,16H,6H2,1H3. The smallest absolute Gasteiger partial charge is 0.249 e. The first kappa shape index (κ1) is 11.7.